The summed E-state index contributed by atoms with van der Waals surface area (Å²) in [5, 5.41) is 4.03. The molecule has 0 aliphatic rings. The van der Waals surface area contributed by atoms with Crippen molar-refractivity contribution in [3.63, 3.8) is 0 Å². The maximum atomic E-state index is 5.87. The Kier molecular flexibility index (Phi) is 11.1. The molecule has 0 spiro atoms. The first-order chi connectivity index (χ1) is 11.7. The summed E-state index contributed by atoms with van der Waals surface area (Å²) >= 11 is 5.87. The molecule has 0 saturated heterocycles. The third-order valence-electron chi connectivity index (χ3n) is 3.47. The maximum Gasteiger partial charge on any atom is 0.193 e. The highest BCUT2D eigenvalue weighted by Crippen LogP contribution is 2.15. The smallest absolute Gasteiger partial charge is 0.193 e. The number of likely N-dealkylation sites (N-methyl/N-ethyl adjacent to an activating group) is 1. The number of nitrogens with one attached hydrogen (secondary N) is 1. The van der Waals surface area contributed by atoms with E-state index < -0.39 is 0 Å². The number of guanidine groups is 1. The van der Waals surface area contributed by atoms with Crippen LogP contribution >= 0.6 is 11.6 Å². The summed E-state index contributed by atoms with van der Waals surface area (Å²) in [6.45, 7) is 5.94. The highest BCUT2D eigenvalue weighted by molar-refractivity contribution is 6.30. The molecule has 1 aromatic carbocycles. The molecular formula is C18H30ClN3O2. The van der Waals surface area contributed by atoms with Crippen LogP contribution in [0.2, 0.25) is 5.02 Å². The van der Waals surface area contributed by atoms with Crippen molar-refractivity contribution >= 4 is 17.6 Å². The quantitative estimate of drug-likeness (QED) is 0.375. The van der Waals surface area contributed by atoms with Gasteiger partial charge in [-0.25, -0.2) is 0 Å². The Labute approximate surface area is 151 Å². The van der Waals surface area contributed by atoms with Crippen LogP contribution in [0, 0.1) is 0 Å². The van der Waals surface area contributed by atoms with E-state index in [4.69, 9.17) is 21.1 Å². The highest BCUT2D eigenvalue weighted by atomic mass is 35.5. The molecule has 0 aliphatic heterocycles. The standard InChI is InChI=1S/C18H30ClN3O2/c1-4-20-18(21-12-6-5-7-14-23-3)22(2)13-15-24-17-10-8-16(19)9-11-17/h8-11H,4-7,12-15H2,1-3H3,(H,20,21). The number of hydrogen-bond acceptors (Lipinski definition) is 3. The van der Waals surface area contributed by atoms with E-state index in [1.54, 1.807) is 7.11 Å². The lowest BCUT2D eigenvalue weighted by Gasteiger charge is -2.22. The lowest BCUT2D eigenvalue weighted by Crippen LogP contribution is -2.41. The molecule has 1 N–H and O–H groups in total. The molecule has 1 rings (SSSR count). The molecule has 136 valence electrons. The second-order valence-electron chi connectivity index (χ2n) is 5.51. The van der Waals surface area contributed by atoms with Gasteiger partial charge in [-0.2, -0.15) is 0 Å². The maximum absolute atomic E-state index is 5.87. The number of halogens is 1. The summed E-state index contributed by atoms with van der Waals surface area (Å²) in [5.74, 6) is 1.75. The Morgan fingerprint density at radius 1 is 1.17 bits per heavy atom. The largest absolute Gasteiger partial charge is 0.492 e. The zero-order valence-corrected chi connectivity index (χ0v) is 15.8. The van der Waals surface area contributed by atoms with Gasteiger partial charge in [-0.05, 0) is 50.5 Å². The molecule has 6 heteroatoms. The van der Waals surface area contributed by atoms with E-state index in [2.05, 4.69) is 22.1 Å². The van der Waals surface area contributed by atoms with Crippen LogP contribution in [0.4, 0.5) is 0 Å². The van der Waals surface area contributed by atoms with E-state index in [1.165, 1.54) is 0 Å². The molecule has 0 heterocycles. The topological polar surface area (TPSA) is 46.1 Å². The Morgan fingerprint density at radius 2 is 1.92 bits per heavy atom. The summed E-state index contributed by atoms with van der Waals surface area (Å²) in [7, 11) is 3.76. The van der Waals surface area contributed by atoms with E-state index in [1.807, 2.05) is 31.3 Å². The van der Waals surface area contributed by atoms with Crippen molar-refractivity contribution in [3.8, 4) is 5.75 Å². The van der Waals surface area contributed by atoms with Crippen molar-refractivity contribution in [2.45, 2.75) is 26.2 Å². The molecule has 0 amide bonds. The summed E-state index contributed by atoms with van der Waals surface area (Å²) in [6, 6.07) is 7.41. The molecular weight excluding hydrogens is 326 g/mol. The van der Waals surface area contributed by atoms with Gasteiger partial charge in [0, 0.05) is 38.9 Å². The minimum absolute atomic E-state index is 0.594. The summed E-state index contributed by atoms with van der Waals surface area (Å²) < 4.78 is 10.8. The number of nitrogens with zero attached hydrogens (tertiary/aromatic N) is 2. The molecule has 24 heavy (non-hydrogen) atoms. The van der Waals surface area contributed by atoms with Crippen molar-refractivity contribution in [2.24, 2.45) is 4.99 Å². The van der Waals surface area contributed by atoms with E-state index >= 15 is 0 Å². The second kappa shape index (κ2) is 12.9. The average molecular weight is 356 g/mol. The molecule has 0 aromatic heterocycles. The fourth-order valence-corrected chi connectivity index (χ4v) is 2.25. The third kappa shape index (κ3) is 8.99. The van der Waals surface area contributed by atoms with Crippen molar-refractivity contribution in [1.82, 2.24) is 10.2 Å². The van der Waals surface area contributed by atoms with Gasteiger partial charge in [-0.1, -0.05) is 11.6 Å². The zero-order chi connectivity index (χ0) is 17.6. The number of rotatable bonds is 11. The summed E-state index contributed by atoms with van der Waals surface area (Å²) in [4.78, 5) is 6.76. The van der Waals surface area contributed by atoms with Crippen molar-refractivity contribution < 1.29 is 9.47 Å². The molecule has 0 fully saturated rings. The van der Waals surface area contributed by atoms with Crippen LogP contribution < -0.4 is 10.1 Å². The summed E-state index contributed by atoms with van der Waals surface area (Å²) in [6.07, 6.45) is 3.31. The monoisotopic (exact) mass is 355 g/mol. The van der Waals surface area contributed by atoms with E-state index in [0.717, 1.165) is 57.2 Å². The second-order valence-corrected chi connectivity index (χ2v) is 5.95. The van der Waals surface area contributed by atoms with E-state index in [-0.39, 0.29) is 0 Å². The minimum atomic E-state index is 0.594. The molecule has 5 nitrogen and oxygen atoms in total. The Bertz CT molecular complexity index is 466. The third-order valence-corrected chi connectivity index (χ3v) is 3.73. The molecule has 0 unspecified atom stereocenters. The number of aliphatic imine (C=N–C) groups is 1. The van der Waals surface area contributed by atoms with Gasteiger partial charge < -0.3 is 19.7 Å². The highest BCUT2D eigenvalue weighted by Gasteiger charge is 2.05. The molecule has 1 aromatic rings. The van der Waals surface area contributed by atoms with Gasteiger partial charge in [-0.15, -0.1) is 0 Å². The summed E-state index contributed by atoms with van der Waals surface area (Å²) in [5.41, 5.74) is 0. The van der Waals surface area contributed by atoms with Crippen LogP contribution in [0.25, 0.3) is 0 Å². The first-order valence-electron chi connectivity index (χ1n) is 8.54. The fraction of sp³-hybridized carbons (Fsp3) is 0.611. The molecule has 0 aliphatic carbocycles. The van der Waals surface area contributed by atoms with Crippen LogP contribution in [0.15, 0.2) is 29.3 Å². The van der Waals surface area contributed by atoms with Crippen LogP contribution in [-0.2, 0) is 4.74 Å². The number of hydrogen-bond donors (Lipinski definition) is 1. The van der Waals surface area contributed by atoms with Gasteiger partial charge in [0.2, 0.25) is 0 Å². The average Bonchev–Trinajstić information content (AvgIpc) is 2.58. The van der Waals surface area contributed by atoms with Crippen LogP contribution in [-0.4, -0.2) is 57.9 Å². The Morgan fingerprint density at radius 3 is 2.58 bits per heavy atom. The van der Waals surface area contributed by atoms with Crippen LogP contribution in [0.5, 0.6) is 5.75 Å². The lowest BCUT2D eigenvalue weighted by molar-refractivity contribution is 0.192. The van der Waals surface area contributed by atoms with Gasteiger partial charge in [0.05, 0.1) is 6.54 Å². The Balaban J connectivity index is 2.33. The van der Waals surface area contributed by atoms with Gasteiger partial charge in [-0.3, -0.25) is 4.99 Å². The number of methoxy groups -OCH3 is 1. The fourth-order valence-electron chi connectivity index (χ4n) is 2.13. The van der Waals surface area contributed by atoms with E-state index in [0.29, 0.717) is 11.6 Å². The van der Waals surface area contributed by atoms with Crippen molar-refractivity contribution in [2.75, 3.05) is 47.0 Å². The lowest BCUT2D eigenvalue weighted by atomic mass is 10.2. The number of unbranched alkanes of at least 4 members (excludes halogenated alkanes) is 2. The first kappa shape index (κ1) is 20.6. The van der Waals surface area contributed by atoms with Crippen molar-refractivity contribution in [1.29, 1.82) is 0 Å². The molecule has 0 radical (unpaired) electrons. The van der Waals surface area contributed by atoms with Gasteiger partial charge >= 0.3 is 0 Å². The van der Waals surface area contributed by atoms with Gasteiger partial charge in [0.1, 0.15) is 12.4 Å². The predicted molar refractivity (Wildman–Crippen MR) is 101 cm³/mol. The normalized spacial score (nSPS) is 11.4. The van der Waals surface area contributed by atoms with Gasteiger partial charge in [0.25, 0.3) is 0 Å². The van der Waals surface area contributed by atoms with Crippen LogP contribution in [0.3, 0.4) is 0 Å². The predicted octanol–water partition coefficient (Wildman–Crippen LogP) is 3.43. The Hall–Kier alpha value is -1.46. The molecule has 0 bridgehead atoms. The SMILES string of the molecule is CCNC(=NCCCCCOC)N(C)CCOc1ccc(Cl)cc1. The minimum Gasteiger partial charge on any atom is -0.492 e. The van der Waals surface area contributed by atoms with Crippen LogP contribution in [0.1, 0.15) is 26.2 Å². The van der Waals surface area contributed by atoms with E-state index in [9.17, 15) is 0 Å². The molecule has 0 atom stereocenters. The molecule has 0 saturated carbocycles. The number of ether oxygens (including phenoxy) is 2. The first-order valence-corrected chi connectivity index (χ1v) is 8.92. The number of benzene rings is 1. The zero-order valence-electron chi connectivity index (χ0n) is 15.1. The van der Waals surface area contributed by atoms with Crippen molar-refractivity contribution in [3.05, 3.63) is 29.3 Å². The van der Waals surface area contributed by atoms with Gasteiger partial charge in [0.15, 0.2) is 5.96 Å².